The smallest absolute Gasteiger partial charge is 0.356 e. The Hall–Kier alpha value is -2.93. The third-order valence-electron chi connectivity index (χ3n) is 4.24. The largest absolute Gasteiger partial charge is 0.476 e. The van der Waals surface area contributed by atoms with Crippen LogP contribution in [0.2, 0.25) is 0 Å². The van der Waals surface area contributed by atoms with Crippen molar-refractivity contribution >= 4 is 23.2 Å². The van der Waals surface area contributed by atoms with Gasteiger partial charge in [-0.3, -0.25) is 4.79 Å². The highest BCUT2D eigenvalue weighted by molar-refractivity contribution is 7.10. The maximum Gasteiger partial charge on any atom is 0.356 e. The van der Waals surface area contributed by atoms with Crippen molar-refractivity contribution in [2.45, 2.75) is 13.0 Å². The number of aromatic nitrogens is 2. The Morgan fingerprint density at radius 1 is 1.16 bits per heavy atom. The van der Waals surface area contributed by atoms with Crippen LogP contribution in [0.15, 0.2) is 47.8 Å². The minimum atomic E-state index is -1.15. The van der Waals surface area contributed by atoms with E-state index in [2.05, 4.69) is 5.10 Å². The van der Waals surface area contributed by atoms with E-state index < -0.39 is 5.97 Å². The lowest BCUT2D eigenvalue weighted by atomic mass is 10.1. The van der Waals surface area contributed by atoms with E-state index in [9.17, 15) is 14.7 Å². The molecule has 3 heterocycles. The second kappa shape index (κ2) is 6.18. The van der Waals surface area contributed by atoms with Gasteiger partial charge in [-0.25, -0.2) is 9.48 Å². The molecular weight excluding hydrogens is 338 g/mol. The van der Waals surface area contributed by atoms with Gasteiger partial charge in [-0.05, 0) is 35.6 Å². The second-order valence-corrected chi connectivity index (χ2v) is 6.81. The Bertz CT molecular complexity index is 946. The molecule has 0 aliphatic carbocycles. The molecule has 1 aliphatic heterocycles. The maximum absolute atomic E-state index is 13.0. The van der Waals surface area contributed by atoms with Crippen molar-refractivity contribution in [1.29, 1.82) is 0 Å². The van der Waals surface area contributed by atoms with E-state index in [0.29, 0.717) is 18.8 Å². The molecule has 0 bridgehead atoms. The van der Waals surface area contributed by atoms with Crippen LogP contribution in [-0.2, 0) is 13.0 Å². The Morgan fingerprint density at radius 2 is 1.96 bits per heavy atom. The third-order valence-corrected chi connectivity index (χ3v) is 5.27. The summed E-state index contributed by atoms with van der Waals surface area (Å²) in [5.41, 5.74) is 1.95. The summed E-state index contributed by atoms with van der Waals surface area (Å²) in [6.45, 7) is 1.16. The lowest BCUT2D eigenvalue weighted by Gasteiger charge is -2.27. The molecule has 4 rings (SSSR count). The minimum Gasteiger partial charge on any atom is -0.476 e. The van der Waals surface area contributed by atoms with Crippen LogP contribution in [0.25, 0.3) is 5.69 Å². The van der Waals surface area contributed by atoms with Crippen LogP contribution in [0.1, 0.15) is 31.4 Å². The highest BCUT2D eigenvalue weighted by atomic mass is 32.1. The van der Waals surface area contributed by atoms with E-state index in [0.717, 1.165) is 12.0 Å². The van der Waals surface area contributed by atoms with Gasteiger partial charge in [0.1, 0.15) is 5.69 Å². The Labute approximate surface area is 147 Å². The van der Waals surface area contributed by atoms with Crippen molar-refractivity contribution in [3.63, 3.8) is 0 Å². The molecule has 3 aromatic rings. The van der Waals surface area contributed by atoms with Gasteiger partial charge in [-0.2, -0.15) is 5.10 Å². The fourth-order valence-electron chi connectivity index (χ4n) is 2.99. The van der Waals surface area contributed by atoms with Crippen molar-refractivity contribution in [3.8, 4) is 5.69 Å². The van der Waals surface area contributed by atoms with Crippen LogP contribution >= 0.6 is 11.3 Å². The number of para-hydroxylation sites is 1. The monoisotopic (exact) mass is 353 g/mol. The zero-order chi connectivity index (χ0) is 17.4. The predicted molar refractivity (Wildman–Crippen MR) is 93.3 cm³/mol. The van der Waals surface area contributed by atoms with E-state index in [1.807, 2.05) is 29.6 Å². The quantitative estimate of drug-likeness (QED) is 0.786. The fourth-order valence-corrected chi connectivity index (χ4v) is 3.88. The van der Waals surface area contributed by atoms with Crippen molar-refractivity contribution < 1.29 is 14.7 Å². The highest BCUT2D eigenvalue weighted by Crippen LogP contribution is 2.25. The van der Waals surface area contributed by atoms with Crippen LogP contribution in [0.4, 0.5) is 0 Å². The number of aromatic carboxylic acids is 1. The van der Waals surface area contributed by atoms with Crippen molar-refractivity contribution in [2.24, 2.45) is 0 Å². The van der Waals surface area contributed by atoms with E-state index in [4.69, 9.17) is 0 Å². The first-order valence-electron chi connectivity index (χ1n) is 7.87. The molecule has 1 N–H and O–H groups in total. The molecule has 0 saturated carbocycles. The lowest BCUT2D eigenvalue weighted by Crippen LogP contribution is -2.36. The summed E-state index contributed by atoms with van der Waals surface area (Å²) in [4.78, 5) is 27.4. The molecule has 0 radical (unpaired) electrons. The van der Waals surface area contributed by atoms with Gasteiger partial charge in [0, 0.05) is 24.0 Å². The van der Waals surface area contributed by atoms with Gasteiger partial charge in [0.2, 0.25) is 0 Å². The van der Waals surface area contributed by atoms with Crippen molar-refractivity contribution in [3.05, 3.63) is 69.7 Å². The average Bonchev–Trinajstić information content (AvgIpc) is 3.28. The zero-order valence-corrected chi connectivity index (χ0v) is 14.1. The number of fused-ring (bicyclic) bond motifs is 1. The zero-order valence-electron chi connectivity index (χ0n) is 13.3. The molecular formula is C18H15N3O3S. The number of nitrogens with zero attached hydrogens (tertiary/aromatic N) is 3. The maximum atomic E-state index is 13.0. The van der Waals surface area contributed by atoms with Gasteiger partial charge in [-0.15, -0.1) is 11.3 Å². The number of amides is 1. The molecule has 0 saturated heterocycles. The van der Waals surface area contributed by atoms with Gasteiger partial charge < -0.3 is 10.0 Å². The van der Waals surface area contributed by atoms with Gasteiger partial charge in [0.25, 0.3) is 5.91 Å². The van der Waals surface area contributed by atoms with Gasteiger partial charge in [-0.1, -0.05) is 18.2 Å². The number of carboxylic acids is 1. The first-order valence-corrected chi connectivity index (χ1v) is 8.75. The van der Waals surface area contributed by atoms with Crippen LogP contribution < -0.4 is 0 Å². The molecule has 6 nitrogen and oxygen atoms in total. The standard InChI is InChI=1S/C18H15N3O3S/c22-17(20-8-6-16-12(11-20)7-9-25-16)15-10-14(18(23)24)19-21(15)13-4-2-1-3-5-13/h1-5,7,9-10H,6,8,11H2,(H,23,24). The lowest BCUT2D eigenvalue weighted by molar-refractivity contribution is 0.0688. The molecule has 1 amide bonds. The molecule has 1 aliphatic rings. The third kappa shape index (κ3) is 2.83. The topological polar surface area (TPSA) is 75.4 Å². The Morgan fingerprint density at radius 3 is 2.72 bits per heavy atom. The fraction of sp³-hybridized carbons (Fsp3) is 0.167. The Kier molecular flexibility index (Phi) is 3.85. The van der Waals surface area contributed by atoms with Crippen LogP contribution in [0.3, 0.4) is 0 Å². The summed E-state index contributed by atoms with van der Waals surface area (Å²) in [5, 5.41) is 15.4. The van der Waals surface area contributed by atoms with Crippen LogP contribution in [0.5, 0.6) is 0 Å². The predicted octanol–water partition coefficient (Wildman–Crippen LogP) is 2.83. The number of benzene rings is 1. The van der Waals surface area contributed by atoms with Gasteiger partial charge in [0.05, 0.1) is 5.69 Å². The van der Waals surface area contributed by atoms with Crippen molar-refractivity contribution in [1.82, 2.24) is 14.7 Å². The molecule has 25 heavy (non-hydrogen) atoms. The average molecular weight is 353 g/mol. The highest BCUT2D eigenvalue weighted by Gasteiger charge is 2.27. The SMILES string of the molecule is O=C(O)c1cc(C(=O)N2CCc3sccc3C2)n(-c2ccccc2)n1. The first-order chi connectivity index (χ1) is 12.1. The van der Waals surface area contributed by atoms with E-state index in [1.54, 1.807) is 28.4 Å². The molecule has 1 aromatic carbocycles. The molecule has 0 unspecified atom stereocenters. The number of hydrogen-bond donors (Lipinski definition) is 1. The first kappa shape index (κ1) is 15.6. The van der Waals surface area contributed by atoms with Crippen LogP contribution in [-0.4, -0.2) is 38.2 Å². The number of carbonyl (C=O) groups is 2. The number of thiophene rings is 1. The molecule has 0 atom stereocenters. The summed E-state index contributed by atoms with van der Waals surface area (Å²) >= 11 is 1.71. The van der Waals surface area contributed by atoms with Crippen molar-refractivity contribution in [2.75, 3.05) is 6.54 Å². The summed E-state index contributed by atoms with van der Waals surface area (Å²) in [6.07, 6.45) is 0.823. The van der Waals surface area contributed by atoms with E-state index >= 15 is 0 Å². The normalized spacial score (nSPS) is 13.5. The summed E-state index contributed by atoms with van der Waals surface area (Å²) in [5.74, 6) is -1.36. The molecule has 0 fully saturated rings. The van der Waals surface area contributed by atoms with Gasteiger partial charge >= 0.3 is 5.97 Å². The number of hydrogen-bond acceptors (Lipinski definition) is 4. The summed E-state index contributed by atoms with van der Waals surface area (Å²) in [7, 11) is 0. The van der Waals surface area contributed by atoms with Gasteiger partial charge in [0.15, 0.2) is 5.69 Å². The number of carbonyl (C=O) groups excluding carboxylic acids is 1. The number of rotatable bonds is 3. The van der Waals surface area contributed by atoms with E-state index in [-0.39, 0.29) is 17.3 Å². The van der Waals surface area contributed by atoms with E-state index in [1.165, 1.54) is 15.6 Å². The minimum absolute atomic E-state index is 0.138. The summed E-state index contributed by atoms with van der Waals surface area (Å²) < 4.78 is 1.41. The second-order valence-electron chi connectivity index (χ2n) is 5.81. The number of carboxylic acid groups (broad SMARTS) is 1. The summed E-state index contributed by atoms with van der Waals surface area (Å²) in [6, 6.07) is 12.5. The molecule has 0 spiro atoms. The molecule has 2 aromatic heterocycles. The Balaban J connectivity index is 1.72. The molecule has 7 heteroatoms. The van der Waals surface area contributed by atoms with Crippen LogP contribution in [0, 0.1) is 0 Å². The molecule has 126 valence electrons.